The summed E-state index contributed by atoms with van der Waals surface area (Å²) in [7, 11) is 0. The fourth-order valence-electron chi connectivity index (χ4n) is 2.13. The molecule has 0 heterocycles. The Balaban J connectivity index is 1.70. The first kappa shape index (κ1) is 19.0. The second-order valence-electron chi connectivity index (χ2n) is 5.53. The molecule has 25 heavy (non-hydrogen) atoms. The molecular formula is C19H20BrNO4. The highest BCUT2D eigenvalue weighted by molar-refractivity contribution is 9.10. The molecule has 0 atom stereocenters. The third-order valence-electron chi connectivity index (χ3n) is 3.48. The Morgan fingerprint density at radius 1 is 1.08 bits per heavy atom. The number of nitrogens with one attached hydrogen (secondary N) is 1. The smallest absolute Gasteiger partial charge is 0.309 e. The molecule has 0 saturated carbocycles. The SMILES string of the molecule is Cc1cc(Br)ccc1NC(=O)COC(=O)CCOc1ccccc1C. The Morgan fingerprint density at radius 3 is 2.56 bits per heavy atom. The van der Waals surface area contributed by atoms with Gasteiger partial charge in [0.05, 0.1) is 13.0 Å². The molecule has 2 aromatic carbocycles. The van der Waals surface area contributed by atoms with Crippen molar-refractivity contribution in [2.24, 2.45) is 0 Å². The van der Waals surface area contributed by atoms with E-state index in [4.69, 9.17) is 9.47 Å². The van der Waals surface area contributed by atoms with Crippen molar-refractivity contribution in [2.75, 3.05) is 18.5 Å². The van der Waals surface area contributed by atoms with Gasteiger partial charge in [0.15, 0.2) is 6.61 Å². The number of halogens is 1. The van der Waals surface area contributed by atoms with Crippen LogP contribution in [0.1, 0.15) is 17.5 Å². The van der Waals surface area contributed by atoms with Crippen molar-refractivity contribution in [3.63, 3.8) is 0 Å². The Bertz CT molecular complexity index is 761. The van der Waals surface area contributed by atoms with E-state index in [1.807, 2.05) is 50.2 Å². The average Bonchev–Trinajstić information content (AvgIpc) is 2.57. The topological polar surface area (TPSA) is 64.6 Å². The Morgan fingerprint density at radius 2 is 1.84 bits per heavy atom. The van der Waals surface area contributed by atoms with E-state index in [2.05, 4.69) is 21.2 Å². The molecule has 0 unspecified atom stereocenters. The number of hydrogen-bond donors (Lipinski definition) is 1. The molecule has 0 aromatic heterocycles. The van der Waals surface area contributed by atoms with Gasteiger partial charge in [0.25, 0.3) is 5.91 Å². The van der Waals surface area contributed by atoms with Crippen molar-refractivity contribution in [2.45, 2.75) is 20.3 Å². The zero-order valence-electron chi connectivity index (χ0n) is 14.2. The summed E-state index contributed by atoms with van der Waals surface area (Å²) in [5.41, 5.74) is 2.60. The molecule has 6 heteroatoms. The number of anilines is 1. The van der Waals surface area contributed by atoms with E-state index >= 15 is 0 Å². The monoisotopic (exact) mass is 405 g/mol. The summed E-state index contributed by atoms with van der Waals surface area (Å²) in [5, 5.41) is 2.71. The van der Waals surface area contributed by atoms with Crippen LogP contribution in [-0.2, 0) is 14.3 Å². The first-order valence-corrected chi connectivity index (χ1v) is 8.65. The summed E-state index contributed by atoms with van der Waals surface area (Å²) in [6.07, 6.45) is 0.0823. The molecule has 1 amide bonds. The van der Waals surface area contributed by atoms with E-state index in [1.165, 1.54) is 0 Å². The van der Waals surface area contributed by atoms with Gasteiger partial charge < -0.3 is 14.8 Å². The van der Waals surface area contributed by atoms with E-state index in [0.717, 1.165) is 21.3 Å². The van der Waals surface area contributed by atoms with Gasteiger partial charge in [0.1, 0.15) is 5.75 Å². The predicted octanol–water partition coefficient (Wildman–Crippen LogP) is 4.02. The second kappa shape index (κ2) is 9.22. The Hall–Kier alpha value is -2.34. The molecule has 0 spiro atoms. The van der Waals surface area contributed by atoms with E-state index in [1.54, 1.807) is 6.07 Å². The lowest BCUT2D eigenvalue weighted by Crippen LogP contribution is -2.22. The van der Waals surface area contributed by atoms with E-state index in [9.17, 15) is 9.59 Å². The van der Waals surface area contributed by atoms with Crippen LogP contribution in [0.3, 0.4) is 0 Å². The first-order valence-electron chi connectivity index (χ1n) is 7.86. The van der Waals surface area contributed by atoms with E-state index in [0.29, 0.717) is 5.69 Å². The molecule has 132 valence electrons. The molecule has 0 aliphatic rings. The zero-order valence-corrected chi connectivity index (χ0v) is 15.8. The van der Waals surface area contributed by atoms with Crippen molar-refractivity contribution in [3.05, 3.63) is 58.1 Å². The van der Waals surface area contributed by atoms with Gasteiger partial charge >= 0.3 is 5.97 Å². The average molecular weight is 406 g/mol. The maximum Gasteiger partial charge on any atom is 0.309 e. The van der Waals surface area contributed by atoms with Crippen LogP contribution in [0.15, 0.2) is 46.9 Å². The number of amides is 1. The maximum atomic E-state index is 11.9. The van der Waals surface area contributed by atoms with Crippen LogP contribution in [0.25, 0.3) is 0 Å². The lowest BCUT2D eigenvalue weighted by atomic mass is 10.2. The minimum Gasteiger partial charge on any atom is -0.493 e. The number of para-hydroxylation sites is 1. The number of hydrogen-bond acceptors (Lipinski definition) is 4. The summed E-state index contributed by atoms with van der Waals surface area (Å²) in [6.45, 7) is 3.70. The van der Waals surface area contributed by atoms with Crippen LogP contribution in [-0.4, -0.2) is 25.1 Å². The van der Waals surface area contributed by atoms with Gasteiger partial charge in [0, 0.05) is 10.2 Å². The van der Waals surface area contributed by atoms with Gasteiger partial charge in [-0.1, -0.05) is 34.1 Å². The van der Waals surface area contributed by atoms with Crippen molar-refractivity contribution < 1.29 is 19.1 Å². The van der Waals surface area contributed by atoms with E-state index < -0.39 is 5.97 Å². The summed E-state index contributed by atoms with van der Waals surface area (Å²) in [4.78, 5) is 23.6. The van der Waals surface area contributed by atoms with E-state index in [-0.39, 0.29) is 25.5 Å². The quantitative estimate of drug-likeness (QED) is 0.706. The summed E-state index contributed by atoms with van der Waals surface area (Å²) in [5.74, 6) is -0.117. The van der Waals surface area contributed by atoms with Crippen molar-refractivity contribution in [3.8, 4) is 5.75 Å². The van der Waals surface area contributed by atoms with Crippen LogP contribution >= 0.6 is 15.9 Å². The standard InChI is InChI=1S/C19H20BrNO4/c1-13-5-3-4-6-17(13)24-10-9-19(23)25-12-18(22)21-16-8-7-15(20)11-14(16)2/h3-8,11H,9-10,12H2,1-2H3,(H,21,22). The van der Waals surface area contributed by atoms with Gasteiger partial charge in [-0.15, -0.1) is 0 Å². The molecule has 0 fully saturated rings. The Labute approximate surface area is 155 Å². The summed E-state index contributed by atoms with van der Waals surface area (Å²) < 4.78 is 11.4. The molecular weight excluding hydrogens is 386 g/mol. The highest BCUT2D eigenvalue weighted by atomic mass is 79.9. The van der Waals surface area contributed by atoms with Crippen molar-refractivity contribution in [1.82, 2.24) is 0 Å². The molecule has 2 aromatic rings. The normalized spacial score (nSPS) is 10.2. The van der Waals surface area contributed by atoms with Gasteiger partial charge in [-0.3, -0.25) is 9.59 Å². The van der Waals surface area contributed by atoms with Gasteiger partial charge in [-0.25, -0.2) is 0 Å². The molecule has 0 saturated heterocycles. The summed E-state index contributed by atoms with van der Waals surface area (Å²) in [6, 6.07) is 13.1. The van der Waals surface area contributed by atoms with Crippen LogP contribution in [0, 0.1) is 13.8 Å². The van der Waals surface area contributed by atoms with Gasteiger partial charge in [0.2, 0.25) is 0 Å². The number of aryl methyl sites for hydroxylation is 2. The molecule has 0 bridgehead atoms. The number of ether oxygens (including phenoxy) is 2. The van der Waals surface area contributed by atoms with Gasteiger partial charge in [-0.2, -0.15) is 0 Å². The molecule has 0 aliphatic heterocycles. The lowest BCUT2D eigenvalue weighted by Gasteiger charge is -2.10. The highest BCUT2D eigenvalue weighted by Crippen LogP contribution is 2.20. The zero-order chi connectivity index (χ0) is 18.2. The number of esters is 1. The van der Waals surface area contributed by atoms with Crippen molar-refractivity contribution >= 4 is 33.5 Å². The third kappa shape index (κ3) is 6.23. The minimum absolute atomic E-state index is 0.0823. The maximum absolute atomic E-state index is 11.9. The van der Waals surface area contributed by atoms with Crippen LogP contribution in [0.2, 0.25) is 0 Å². The highest BCUT2D eigenvalue weighted by Gasteiger charge is 2.10. The molecule has 0 radical (unpaired) electrons. The Kier molecular flexibility index (Phi) is 7.01. The van der Waals surface area contributed by atoms with Crippen LogP contribution in [0.4, 0.5) is 5.69 Å². The summed E-state index contributed by atoms with van der Waals surface area (Å²) >= 11 is 3.36. The van der Waals surface area contributed by atoms with Crippen LogP contribution < -0.4 is 10.1 Å². The minimum atomic E-state index is -0.476. The molecule has 1 N–H and O–H groups in total. The second-order valence-corrected chi connectivity index (χ2v) is 6.45. The fourth-order valence-corrected chi connectivity index (χ4v) is 2.61. The van der Waals surface area contributed by atoms with Crippen LogP contribution in [0.5, 0.6) is 5.75 Å². The first-order chi connectivity index (χ1) is 12.0. The number of rotatable bonds is 7. The fraction of sp³-hybridized carbons (Fsp3) is 0.263. The van der Waals surface area contributed by atoms with Gasteiger partial charge in [-0.05, 0) is 49.2 Å². The molecule has 0 aliphatic carbocycles. The predicted molar refractivity (Wildman–Crippen MR) is 99.8 cm³/mol. The third-order valence-corrected chi connectivity index (χ3v) is 3.98. The molecule has 5 nitrogen and oxygen atoms in total. The lowest BCUT2D eigenvalue weighted by molar-refractivity contribution is -0.147. The number of benzene rings is 2. The van der Waals surface area contributed by atoms with Crippen molar-refractivity contribution in [1.29, 1.82) is 0 Å². The molecule has 2 rings (SSSR count). The number of carbonyl (C=O) groups excluding carboxylic acids is 2. The largest absolute Gasteiger partial charge is 0.493 e. The number of carbonyl (C=O) groups is 2.